The van der Waals surface area contributed by atoms with E-state index in [2.05, 4.69) is 0 Å². The summed E-state index contributed by atoms with van der Waals surface area (Å²) < 4.78 is 29.8. The molecule has 0 spiro atoms. The zero-order valence-electron chi connectivity index (χ0n) is 19.5. The van der Waals surface area contributed by atoms with Gasteiger partial charge in [0, 0.05) is 12.1 Å². The average molecular weight is 496 g/mol. The van der Waals surface area contributed by atoms with Gasteiger partial charge in [0.25, 0.3) is 5.56 Å². The number of rotatable bonds is 6. The molecule has 0 saturated heterocycles. The highest BCUT2D eigenvalue weighted by Gasteiger charge is 2.32. The van der Waals surface area contributed by atoms with Gasteiger partial charge in [0.15, 0.2) is 0 Å². The summed E-state index contributed by atoms with van der Waals surface area (Å²) in [6.45, 7) is 5.86. The lowest BCUT2D eigenvalue weighted by Crippen LogP contribution is -2.36. The maximum atomic E-state index is 13.7. The van der Waals surface area contributed by atoms with Crippen LogP contribution in [0.4, 0.5) is 0 Å². The molecule has 4 aromatic rings. The van der Waals surface area contributed by atoms with Crippen molar-refractivity contribution in [3.8, 4) is 5.69 Å². The third-order valence-electron chi connectivity index (χ3n) is 6.16. The van der Waals surface area contributed by atoms with Crippen LogP contribution in [0.5, 0.6) is 0 Å². The second-order valence-electron chi connectivity index (χ2n) is 8.30. The fraction of sp³-hybridized carbons (Fsp3) is 0.231. The molecule has 0 aliphatic carbocycles. The highest BCUT2D eigenvalue weighted by Crippen LogP contribution is 2.30. The van der Waals surface area contributed by atoms with Crippen LogP contribution in [0.2, 0.25) is 5.02 Å². The number of hydrogen-bond acceptors (Lipinski definition) is 4. The van der Waals surface area contributed by atoms with Crippen LogP contribution >= 0.6 is 11.6 Å². The molecule has 0 aliphatic rings. The Morgan fingerprint density at radius 3 is 2.32 bits per heavy atom. The Kier molecular flexibility index (Phi) is 6.62. The summed E-state index contributed by atoms with van der Waals surface area (Å²) in [6, 6.07) is 18.2. The predicted molar refractivity (Wildman–Crippen MR) is 136 cm³/mol. The van der Waals surface area contributed by atoms with Crippen LogP contribution in [0.25, 0.3) is 16.6 Å². The zero-order valence-corrected chi connectivity index (χ0v) is 21.1. The van der Waals surface area contributed by atoms with E-state index < -0.39 is 16.1 Å². The fourth-order valence-electron chi connectivity index (χ4n) is 4.03. The Morgan fingerprint density at radius 1 is 1.00 bits per heavy atom. The molecule has 0 fully saturated rings. The summed E-state index contributed by atoms with van der Waals surface area (Å²) in [7, 11) is -2.36. The van der Waals surface area contributed by atoms with Crippen LogP contribution in [-0.4, -0.2) is 29.3 Å². The van der Waals surface area contributed by atoms with Gasteiger partial charge in [-0.05, 0) is 79.9 Å². The van der Waals surface area contributed by atoms with Crippen LogP contribution in [-0.2, 0) is 10.0 Å². The van der Waals surface area contributed by atoms with Crippen LogP contribution in [0.3, 0.4) is 0 Å². The number of nitrogens with zero attached hydrogens (tertiary/aromatic N) is 3. The highest BCUT2D eigenvalue weighted by atomic mass is 35.5. The molecule has 0 radical (unpaired) electrons. The quantitative estimate of drug-likeness (QED) is 0.357. The van der Waals surface area contributed by atoms with Crippen LogP contribution in [0, 0.1) is 13.8 Å². The largest absolute Gasteiger partial charge is 0.268 e. The molecule has 1 aromatic heterocycles. The molecule has 0 aliphatic heterocycles. The maximum absolute atomic E-state index is 13.7. The topological polar surface area (TPSA) is 72.3 Å². The number of hydrogen-bond donors (Lipinski definition) is 0. The molecule has 1 heterocycles. The molecular weight excluding hydrogens is 470 g/mol. The lowest BCUT2D eigenvalue weighted by Gasteiger charge is -2.28. The van der Waals surface area contributed by atoms with E-state index in [1.54, 1.807) is 30.3 Å². The number of sulfonamides is 1. The molecule has 1 unspecified atom stereocenters. The first kappa shape index (κ1) is 24.1. The SMILES string of the molecule is CCC(c1nc2ccccc2c(=O)n1-c1ccc(C)c(C)c1)N(C)S(=O)(=O)c1ccc(Cl)cc1. The van der Waals surface area contributed by atoms with E-state index in [1.165, 1.54) is 28.1 Å². The van der Waals surface area contributed by atoms with Gasteiger partial charge in [0.05, 0.1) is 27.5 Å². The first-order valence-corrected chi connectivity index (χ1v) is 12.8. The number of benzene rings is 3. The van der Waals surface area contributed by atoms with Gasteiger partial charge in [-0.2, -0.15) is 4.31 Å². The minimum absolute atomic E-state index is 0.124. The van der Waals surface area contributed by atoms with Gasteiger partial charge in [-0.3, -0.25) is 9.36 Å². The van der Waals surface area contributed by atoms with E-state index in [9.17, 15) is 13.2 Å². The van der Waals surface area contributed by atoms with E-state index in [0.717, 1.165) is 11.1 Å². The third-order valence-corrected chi connectivity index (χ3v) is 8.30. The smallest absolute Gasteiger partial charge is 0.266 e. The molecule has 4 rings (SSSR count). The zero-order chi connectivity index (χ0) is 24.6. The normalized spacial score (nSPS) is 12.9. The lowest BCUT2D eigenvalue weighted by molar-refractivity contribution is 0.347. The molecule has 3 aromatic carbocycles. The van der Waals surface area contributed by atoms with Crippen molar-refractivity contribution < 1.29 is 8.42 Å². The number of aryl methyl sites for hydroxylation is 2. The molecule has 34 heavy (non-hydrogen) atoms. The molecule has 0 N–H and O–H groups in total. The van der Waals surface area contributed by atoms with Crippen molar-refractivity contribution in [3.05, 3.63) is 99.1 Å². The first-order chi connectivity index (χ1) is 16.1. The van der Waals surface area contributed by atoms with Gasteiger partial charge in [0.2, 0.25) is 10.0 Å². The van der Waals surface area contributed by atoms with Crippen LogP contribution < -0.4 is 5.56 Å². The highest BCUT2D eigenvalue weighted by molar-refractivity contribution is 7.89. The molecule has 1 atom stereocenters. The standard InChI is InChI=1S/C26H26ClN3O3S/c1-5-24(29(4)34(32,33)21-14-11-19(27)12-15-21)25-28-23-9-7-6-8-22(23)26(31)30(25)20-13-10-17(2)18(3)16-20/h6-16,24H,5H2,1-4H3. The second-order valence-corrected chi connectivity index (χ2v) is 10.7. The van der Waals surface area contributed by atoms with Gasteiger partial charge in [-0.25, -0.2) is 13.4 Å². The van der Waals surface area contributed by atoms with E-state index in [0.29, 0.717) is 33.9 Å². The van der Waals surface area contributed by atoms with Crippen molar-refractivity contribution in [1.82, 2.24) is 13.9 Å². The fourth-order valence-corrected chi connectivity index (χ4v) is 5.55. The van der Waals surface area contributed by atoms with Crippen LogP contribution in [0.15, 0.2) is 76.4 Å². The van der Waals surface area contributed by atoms with Gasteiger partial charge >= 0.3 is 0 Å². The molecule has 8 heteroatoms. The van der Waals surface area contributed by atoms with Gasteiger partial charge in [0.1, 0.15) is 5.82 Å². The van der Waals surface area contributed by atoms with E-state index >= 15 is 0 Å². The van der Waals surface area contributed by atoms with Gasteiger partial charge < -0.3 is 0 Å². The molecule has 176 valence electrons. The summed E-state index contributed by atoms with van der Waals surface area (Å²) in [6.07, 6.45) is 0.416. The minimum Gasteiger partial charge on any atom is -0.268 e. The van der Waals surface area contributed by atoms with E-state index in [4.69, 9.17) is 16.6 Å². The molecule has 0 saturated carbocycles. The Morgan fingerprint density at radius 2 is 1.68 bits per heavy atom. The summed E-state index contributed by atoms with van der Waals surface area (Å²) in [5.41, 5.74) is 3.07. The summed E-state index contributed by atoms with van der Waals surface area (Å²) in [4.78, 5) is 18.6. The lowest BCUT2D eigenvalue weighted by atomic mass is 10.1. The number of para-hydroxylation sites is 1. The monoisotopic (exact) mass is 495 g/mol. The van der Waals surface area contributed by atoms with E-state index in [-0.39, 0.29) is 10.5 Å². The Balaban J connectivity index is 1.96. The maximum Gasteiger partial charge on any atom is 0.266 e. The van der Waals surface area contributed by atoms with Crippen molar-refractivity contribution in [2.24, 2.45) is 0 Å². The van der Waals surface area contributed by atoms with Crippen molar-refractivity contribution in [2.75, 3.05) is 7.05 Å². The summed E-state index contributed by atoms with van der Waals surface area (Å²) in [5, 5.41) is 0.927. The molecular formula is C26H26ClN3O3S. The van der Waals surface area contributed by atoms with Crippen molar-refractivity contribution >= 4 is 32.5 Å². The van der Waals surface area contributed by atoms with Crippen LogP contribution in [0.1, 0.15) is 36.3 Å². The third kappa shape index (κ3) is 4.27. The molecule has 0 amide bonds. The Labute approximate surface area is 204 Å². The predicted octanol–water partition coefficient (Wildman–Crippen LogP) is 5.43. The van der Waals surface area contributed by atoms with Crippen molar-refractivity contribution in [1.29, 1.82) is 0 Å². The average Bonchev–Trinajstić information content (AvgIpc) is 2.82. The number of fused-ring (bicyclic) bond motifs is 1. The van der Waals surface area contributed by atoms with Gasteiger partial charge in [-0.1, -0.05) is 36.7 Å². The van der Waals surface area contributed by atoms with Crippen molar-refractivity contribution in [2.45, 2.75) is 38.1 Å². The van der Waals surface area contributed by atoms with Crippen molar-refractivity contribution in [3.63, 3.8) is 0 Å². The molecule has 6 nitrogen and oxygen atoms in total. The molecule has 0 bridgehead atoms. The van der Waals surface area contributed by atoms with Gasteiger partial charge in [-0.15, -0.1) is 0 Å². The second kappa shape index (κ2) is 9.33. The summed E-state index contributed by atoms with van der Waals surface area (Å²) >= 11 is 5.96. The summed E-state index contributed by atoms with van der Waals surface area (Å²) in [5.74, 6) is 0.370. The first-order valence-electron chi connectivity index (χ1n) is 11.0. The minimum atomic E-state index is -3.88. The Hall–Kier alpha value is -3.00. The van der Waals surface area contributed by atoms with E-state index in [1.807, 2.05) is 45.0 Å². The number of aromatic nitrogens is 2. The Bertz CT molecular complexity index is 1530. The number of halogens is 1.